The second kappa shape index (κ2) is 5.60. The quantitative estimate of drug-likeness (QED) is 0.768. The summed E-state index contributed by atoms with van der Waals surface area (Å²) in [7, 11) is 1.98. The first-order chi connectivity index (χ1) is 12.6. The minimum absolute atomic E-state index is 0.107. The van der Waals surface area contributed by atoms with E-state index in [1.165, 1.54) is 18.4 Å². The Hall–Kier alpha value is -1.30. The molecule has 2 fully saturated rings. The fourth-order valence-electron chi connectivity index (χ4n) is 6.56. The lowest BCUT2D eigenvalue weighted by molar-refractivity contribution is -0.190. The van der Waals surface area contributed by atoms with E-state index in [1.807, 2.05) is 7.05 Å². The molecule has 5 nitrogen and oxygen atoms in total. The van der Waals surface area contributed by atoms with Gasteiger partial charge in [-0.25, -0.2) is 0 Å². The lowest BCUT2D eigenvalue weighted by atomic mass is 9.48. The van der Waals surface area contributed by atoms with Crippen LogP contribution in [-0.2, 0) is 11.8 Å². The third-order valence-corrected chi connectivity index (χ3v) is 7.74. The highest BCUT2D eigenvalue weighted by molar-refractivity contribution is 5.62. The van der Waals surface area contributed by atoms with E-state index < -0.39 is 11.0 Å². The fraction of sp³-hybridized carbons (Fsp3) is 0.714. The van der Waals surface area contributed by atoms with Gasteiger partial charge in [-0.1, -0.05) is 19.4 Å². The van der Waals surface area contributed by atoms with Gasteiger partial charge in [-0.3, -0.25) is 4.90 Å². The summed E-state index contributed by atoms with van der Waals surface area (Å²) in [5, 5.41) is 26.1. The predicted octanol–water partition coefficient (Wildman–Crippen LogP) is 1.93. The van der Waals surface area contributed by atoms with Gasteiger partial charge in [0.15, 0.2) is 11.5 Å². The van der Waals surface area contributed by atoms with Crippen LogP contribution in [0.2, 0.25) is 0 Å². The minimum atomic E-state index is -0.775. The smallest absolute Gasteiger partial charge is 0.165 e. The van der Waals surface area contributed by atoms with E-state index in [4.69, 9.17) is 4.74 Å². The van der Waals surface area contributed by atoms with Crippen molar-refractivity contribution in [3.63, 3.8) is 0 Å². The van der Waals surface area contributed by atoms with Crippen LogP contribution in [0.15, 0.2) is 12.1 Å². The second-order valence-corrected chi connectivity index (χ2v) is 8.68. The van der Waals surface area contributed by atoms with E-state index in [0.717, 1.165) is 44.3 Å². The molecule has 4 aliphatic rings. The van der Waals surface area contributed by atoms with E-state index in [1.54, 1.807) is 6.07 Å². The molecule has 2 heterocycles. The van der Waals surface area contributed by atoms with Gasteiger partial charge in [0.1, 0.15) is 6.10 Å². The zero-order valence-corrected chi connectivity index (χ0v) is 15.8. The maximum absolute atomic E-state index is 12.2. The monoisotopic (exact) mass is 358 g/mol. The van der Waals surface area contributed by atoms with Crippen LogP contribution < -0.4 is 10.1 Å². The lowest BCUT2D eigenvalue weighted by Crippen LogP contribution is -2.78. The van der Waals surface area contributed by atoms with Gasteiger partial charge in [0, 0.05) is 17.6 Å². The number of nitrogens with one attached hydrogen (secondary N) is 1. The first-order valence-electron chi connectivity index (χ1n) is 10.2. The highest BCUT2D eigenvalue weighted by Gasteiger charge is 2.72. The standard InChI is InChI=1S/C21H30N2O3/c1-3-4-10-23-11-9-20-17-13-5-6-15(24)18(17)26-19(20)14(22-2)7-8-21(20,25)16(23)12-13/h5-6,14,16,19,22,24-25H,3-4,7-12H2,1-2H3/t14?,16-,19?,20+,21-/m1/s1. The van der Waals surface area contributed by atoms with Gasteiger partial charge >= 0.3 is 0 Å². The van der Waals surface area contributed by atoms with E-state index in [0.29, 0.717) is 5.75 Å². The van der Waals surface area contributed by atoms with Crippen LogP contribution in [-0.4, -0.2) is 59.0 Å². The zero-order valence-electron chi connectivity index (χ0n) is 15.8. The summed E-state index contributed by atoms with van der Waals surface area (Å²) in [5.41, 5.74) is 1.20. The van der Waals surface area contributed by atoms with E-state index in [2.05, 4.69) is 23.2 Å². The number of unbranched alkanes of at least 4 members (excludes halogenated alkanes) is 1. The van der Waals surface area contributed by atoms with Crippen LogP contribution in [0.4, 0.5) is 0 Å². The Kier molecular flexibility index (Phi) is 3.63. The van der Waals surface area contributed by atoms with Crippen LogP contribution in [0.5, 0.6) is 11.5 Å². The Morgan fingerprint density at radius 1 is 1.35 bits per heavy atom. The first kappa shape index (κ1) is 16.8. The number of likely N-dealkylation sites (tertiary alicyclic amines) is 1. The largest absolute Gasteiger partial charge is 0.504 e. The summed E-state index contributed by atoms with van der Waals surface area (Å²) in [6.45, 7) is 4.28. The number of phenols is 1. The molecule has 26 heavy (non-hydrogen) atoms. The molecule has 1 saturated carbocycles. The van der Waals surface area contributed by atoms with Crippen molar-refractivity contribution in [3.05, 3.63) is 23.3 Å². The summed E-state index contributed by atoms with van der Waals surface area (Å²) in [6, 6.07) is 4.18. The average Bonchev–Trinajstić information content (AvgIpc) is 2.98. The van der Waals surface area contributed by atoms with Crippen molar-refractivity contribution < 1.29 is 14.9 Å². The summed E-state index contributed by atoms with van der Waals surface area (Å²) in [6.07, 6.45) is 5.69. The van der Waals surface area contributed by atoms with Crippen molar-refractivity contribution in [1.82, 2.24) is 10.2 Å². The SMILES string of the molecule is CCCCN1CC[C@]23c4c5ccc(O)c4OC2C(NC)CC[C@@]3(O)[C@H]1C5. The van der Waals surface area contributed by atoms with Gasteiger partial charge in [-0.2, -0.15) is 0 Å². The topological polar surface area (TPSA) is 65.0 Å². The Bertz CT molecular complexity index is 738. The van der Waals surface area contributed by atoms with Crippen molar-refractivity contribution >= 4 is 0 Å². The molecule has 2 unspecified atom stereocenters. The van der Waals surface area contributed by atoms with Crippen LogP contribution in [0.25, 0.3) is 0 Å². The average molecular weight is 358 g/mol. The molecule has 2 aliphatic heterocycles. The van der Waals surface area contributed by atoms with E-state index in [-0.39, 0.29) is 23.9 Å². The molecule has 2 aliphatic carbocycles. The molecular formula is C21H30N2O3. The molecule has 0 amide bonds. The number of hydrogen-bond donors (Lipinski definition) is 3. The molecule has 1 spiro atoms. The van der Waals surface area contributed by atoms with Crippen molar-refractivity contribution in [2.75, 3.05) is 20.1 Å². The molecule has 2 bridgehead atoms. The maximum Gasteiger partial charge on any atom is 0.165 e. The molecule has 5 rings (SSSR count). The van der Waals surface area contributed by atoms with Crippen LogP contribution >= 0.6 is 0 Å². The Morgan fingerprint density at radius 3 is 2.96 bits per heavy atom. The van der Waals surface area contributed by atoms with Gasteiger partial charge in [-0.05, 0) is 63.9 Å². The molecule has 0 radical (unpaired) electrons. The first-order valence-corrected chi connectivity index (χ1v) is 10.2. The number of likely N-dealkylation sites (N-methyl/N-ethyl adjacent to an activating group) is 1. The summed E-state index contributed by atoms with van der Waals surface area (Å²) in [5.74, 6) is 0.852. The molecule has 1 aromatic carbocycles. The number of nitrogens with zero attached hydrogens (tertiary/aromatic N) is 1. The molecule has 0 aromatic heterocycles. The van der Waals surface area contributed by atoms with E-state index >= 15 is 0 Å². The summed E-state index contributed by atoms with van der Waals surface area (Å²) >= 11 is 0. The summed E-state index contributed by atoms with van der Waals surface area (Å²) < 4.78 is 6.40. The van der Waals surface area contributed by atoms with Gasteiger partial charge in [0.05, 0.1) is 11.0 Å². The molecule has 3 N–H and O–H groups in total. The third-order valence-electron chi connectivity index (χ3n) is 7.74. The number of phenolic OH excluding ortho intramolecular Hbond substituents is 1. The fourth-order valence-corrected chi connectivity index (χ4v) is 6.56. The summed E-state index contributed by atoms with van der Waals surface area (Å²) in [4.78, 5) is 2.53. The number of benzene rings is 1. The van der Waals surface area contributed by atoms with Gasteiger partial charge < -0.3 is 20.3 Å². The Balaban J connectivity index is 1.70. The number of ether oxygens (including phenoxy) is 1. The van der Waals surface area contributed by atoms with Crippen molar-refractivity contribution in [1.29, 1.82) is 0 Å². The van der Waals surface area contributed by atoms with Gasteiger partial charge in [0.2, 0.25) is 0 Å². The van der Waals surface area contributed by atoms with Crippen LogP contribution in [0, 0.1) is 0 Å². The molecule has 1 saturated heterocycles. The number of piperidine rings is 1. The predicted molar refractivity (Wildman–Crippen MR) is 99.8 cm³/mol. The third kappa shape index (κ3) is 1.82. The van der Waals surface area contributed by atoms with Gasteiger partial charge in [0.25, 0.3) is 0 Å². The van der Waals surface area contributed by atoms with Gasteiger partial charge in [-0.15, -0.1) is 0 Å². The maximum atomic E-state index is 12.2. The van der Waals surface area contributed by atoms with Crippen molar-refractivity contribution in [3.8, 4) is 11.5 Å². The number of aliphatic hydroxyl groups is 1. The minimum Gasteiger partial charge on any atom is -0.504 e. The van der Waals surface area contributed by atoms with Crippen LogP contribution in [0.1, 0.15) is 50.2 Å². The second-order valence-electron chi connectivity index (χ2n) is 8.68. The highest BCUT2D eigenvalue weighted by atomic mass is 16.5. The molecule has 142 valence electrons. The number of aromatic hydroxyl groups is 1. The molecule has 5 heteroatoms. The Labute approximate surface area is 155 Å². The number of rotatable bonds is 4. The molecule has 5 atom stereocenters. The molecule has 1 aromatic rings. The Morgan fingerprint density at radius 2 is 2.19 bits per heavy atom. The van der Waals surface area contributed by atoms with Crippen molar-refractivity contribution in [2.45, 2.75) is 74.7 Å². The number of hydrogen-bond acceptors (Lipinski definition) is 5. The van der Waals surface area contributed by atoms with Crippen LogP contribution in [0.3, 0.4) is 0 Å². The zero-order chi connectivity index (χ0) is 18.1. The normalized spacial score (nSPS) is 40.2. The highest BCUT2D eigenvalue weighted by Crippen LogP contribution is 2.65. The lowest BCUT2D eigenvalue weighted by Gasteiger charge is -2.64. The molecular weight excluding hydrogens is 328 g/mol. The van der Waals surface area contributed by atoms with Crippen molar-refractivity contribution in [2.24, 2.45) is 0 Å². The van der Waals surface area contributed by atoms with E-state index in [9.17, 15) is 10.2 Å².